The van der Waals surface area contributed by atoms with Crippen LogP contribution in [0, 0.1) is 19.7 Å². The summed E-state index contributed by atoms with van der Waals surface area (Å²) in [6, 6.07) is 21.8. The van der Waals surface area contributed by atoms with E-state index in [-0.39, 0.29) is 17.6 Å². The maximum atomic E-state index is 13.7. The summed E-state index contributed by atoms with van der Waals surface area (Å²) in [5.41, 5.74) is 4.41. The smallest absolute Gasteiger partial charge is 0.251 e. The number of nitrogens with zero attached hydrogens (tertiary/aromatic N) is 2. The van der Waals surface area contributed by atoms with Gasteiger partial charge in [-0.1, -0.05) is 48.0 Å². The second kappa shape index (κ2) is 8.59. The Kier molecular flexibility index (Phi) is 5.45. The minimum atomic E-state index is -0.905. The predicted molar refractivity (Wildman–Crippen MR) is 128 cm³/mol. The van der Waals surface area contributed by atoms with Crippen LogP contribution in [0.5, 0.6) is 0 Å². The number of amides is 2. The number of rotatable bonds is 4. The normalized spacial score (nSPS) is 17.1. The number of aryl methyl sites for hydroxylation is 2. The molecule has 0 bridgehead atoms. The summed E-state index contributed by atoms with van der Waals surface area (Å²) >= 11 is 0. The molecule has 0 saturated carbocycles. The third kappa shape index (κ3) is 3.85. The Balaban J connectivity index is 1.62. The van der Waals surface area contributed by atoms with E-state index in [4.69, 9.17) is 0 Å². The summed E-state index contributed by atoms with van der Waals surface area (Å²) in [6.45, 7) is 3.77. The average Bonchev–Trinajstić information content (AvgIpc) is 3.16. The van der Waals surface area contributed by atoms with Gasteiger partial charge in [-0.15, -0.1) is 0 Å². The van der Waals surface area contributed by atoms with Crippen molar-refractivity contribution >= 4 is 17.6 Å². The molecule has 0 unspecified atom stereocenters. The van der Waals surface area contributed by atoms with Crippen molar-refractivity contribution < 1.29 is 14.0 Å². The Hall–Kier alpha value is -4.26. The molecule has 6 nitrogen and oxygen atoms in total. The molecule has 5 rings (SSSR count). The van der Waals surface area contributed by atoms with Gasteiger partial charge in [-0.3, -0.25) is 9.59 Å². The Bertz CT molecular complexity index is 1380. The monoisotopic (exact) mass is 454 g/mol. The van der Waals surface area contributed by atoms with E-state index in [1.807, 2.05) is 50.2 Å². The van der Waals surface area contributed by atoms with Crippen LogP contribution in [-0.4, -0.2) is 27.6 Å². The van der Waals surface area contributed by atoms with Gasteiger partial charge in [-0.05, 0) is 55.8 Å². The van der Waals surface area contributed by atoms with Crippen LogP contribution >= 0.6 is 0 Å². The zero-order valence-corrected chi connectivity index (χ0v) is 18.7. The van der Waals surface area contributed by atoms with Gasteiger partial charge >= 0.3 is 0 Å². The van der Waals surface area contributed by atoms with Gasteiger partial charge in [-0.2, -0.15) is 5.10 Å². The number of hydrogen-bond donors (Lipinski definition) is 2. The number of carbonyl (C=O) groups is 2. The number of benzene rings is 3. The highest BCUT2D eigenvalue weighted by molar-refractivity contribution is 6.04. The summed E-state index contributed by atoms with van der Waals surface area (Å²) < 4.78 is 15.4. The molecule has 2 heterocycles. The minimum absolute atomic E-state index is 0.354. The molecule has 0 spiro atoms. The first-order chi connectivity index (χ1) is 16.4. The lowest BCUT2D eigenvalue weighted by Crippen LogP contribution is -2.50. The van der Waals surface area contributed by atoms with Crippen LogP contribution < -0.4 is 10.6 Å². The third-order valence-electron chi connectivity index (χ3n) is 6.07. The number of anilines is 1. The van der Waals surface area contributed by atoms with Crippen LogP contribution in [0.4, 0.5) is 10.2 Å². The molecule has 0 aliphatic carbocycles. The van der Waals surface area contributed by atoms with Crippen LogP contribution in [0.25, 0.3) is 5.69 Å². The molecule has 7 heteroatoms. The minimum Gasteiger partial charge on any atom is -0.339 e. The maximum Gasteiger partial charge on any atom is 0.251 e. The molecule has 1 aliphatic heterocycles. The summed E-state index contributed by atoms with van der Waals surface area (Å²) in [6.07, 6.45) is 0. The van der Waals surface area contributed by atoms with Gasteiger partial charge < -0.3 is 10.6 Å². The van der Waals surface area contributed by atoms with E-state index in [1.165, 1.54) is 12.1 Å². The molecular formula is C27H23FN4O2. The van der Waals surface area contributed by atoms with Crippen LogP contribution in [-0.2, 0) is 4.79 Å². The Morgan fingerprint density at radius 1 is 1.00 bits per heavy atom. The fourth-order valence-electron chi connectivity index (χ4n) is 4.49. The molecule has 2 amide bonds. The highest BCUT2D eigenvalue weighted by Crippen LogP contribution is 2.40. The zero-order chi connectivity index (χ0) is 23.8. The molecule has 34 heavy (non-hydrogen) atoms. The number of carbonyl (C=O) groups excluding carboxylic acids is 2. The lowest BCUT2D eigenvalue weighted by molar-refractivity contribution is -0.118. The Morgan fingerprint density at radius 3 is 2.44 bits per heavy atom. The molecule has 2 N–H and O–H groups in total. The summed E-state index contributed by atoms with van der Waals surface area (Å²) in [4.78, 5) is 26.5. The molecule has 1 aromatic heterocycles. The van der Waals surface area contributed by atoms with E-state index in [2.05, 4.69) is 15.7 Å². The van der Waals surface area contributed by atoms with Gasteiger partial charge in [0.15, 0.2) is 0 Å². The fourth-order valence-corrected chi connectivity index (χ4v) is 4.49. The second-order valence-corrected chi connectivity index (χ2v) is 8.43. The fraction of sp³-hybridized carbons (Fsp3) is 0.148. The van der Waals surface area contributed by atoms with E-state index >= 15 is 0 Å². The second-order valence-electron chi connectivity index (χ2n) is 8.43. The molecule has 0 saturated heterocycles. The van der Waals surface area contributed by atoms with Gasteiger partial charge in [-0.25, -0.2) is 9.07 Å². The van der Waals surface area contributed by atoms with Crippen LogP contribution in [0.2, 0.25) is 0 Å². The van der Waals surface area contributed by atoms with Crippen LogP contribution in [0.15, 0.2) is 78.9 Å². The Labute approximate surface area is 196 Å². The van der Waals surface area contributed by atoms with Crippen molar-refractivity contribution in [2.45, 2.75) is 25.8 Å². The number of nitrogens with one attached hydrogen (secondary N) is 2. The van der Waals surface area contributed by atoms with Crippen molar-refractivity contribution in [3.8, 4) is 5.69 Å². The quantitative estimate of drug-likeness (QED) is 0.476. The molecule has 0 radical (unpaired) electrons. The van der Waals surface area contributed by atoms with E-state index in [9.17, 15) is 14.0 Å². The first kappa shape index (κ1) is 21.6. The van der Waals surface area contributed by atoms with E-state index < -0.39 is 12.0 Å². The molecule has 4 aromatic rings. The van der Waals surface area contributed by atoms with Crippen molar-refractivity contribution in [1.29, 1.82) is 0 Å². The molecular weight excluding hydrogens is 431 g/mol. The number of aromatic nitrogens is 2. The lowest BCUT2D eigenvalue weighted by Gasteiger charge is -2.32. The SMILES string of the molecule is Cc1cccc(C(=O)N[C@H]2C(=O)Nc3c(c(C)nn3-c3ccccc3)[C@H]2c2ccc(F)cc2)c1. The van der Waals surface area contributed by atoms with Gasteiger partial charge in [0.05, 0.1) is 11.4 Å². The average molecular weight is 455 g/mol. The lowest BCUT2D eigenvalue weighted by atomic mass is 9.82. The first-order valence-electron chi connectivity index (χ1n) is 11.0. The first-order valence-corrected chi connectivity index (χ1v) is 11.0. The summed E-state index contributed by atoms with van der Waals surface area (Å²) in [7, 11) is 0. The van der Waals surface area contributed by atoms with Gasteiger partial charge in [0.1, 0.15) is 17.7 Å². The molecule has 1 aliphatic rings. The van der Waals surface area contributed by atoms with E-state index in [0.29, 0.717) is 22.6 Å². The largest absolute Gasteiger partial charge is 0.339 e. The highest BCUT2D eigenvalue weighted by Gasteiger charge is 2.41. The topological polar surface area (TPSA) is 76.0 Å². The predicted octanol–water partition coefficient (Wildman–Crippen LogP) is 4.51. The molecule has 2 atom stereocenters. The van der Waals surface area contributed by atoms with Crippen molar-refractivity contribution in [2.75, 3.05) is 5.32 Å². The van der Waals surface area contributed by atoms with Crippen LogP contribution in [0.1, 0.15) is 38.7 Å². The molecule has 3 aromatic carbocycles. The third-order valence-corrected chi connectivity index (χ3v) is 6.07. The van der Waals surface area contributed by atoms with Crippen LogP contribution in [0.3, 0.4) is 0 Å². The summed E-state index contributed by atoms with van der Waals surface area (Å²) in [5.74, 6) is -1.09. The number of hydrogen-bond acceptors (Lipinski definition) is 3. The van der Waals surface area contributed by atoms with Crippen molar-refractivity contribution in [1.82, 2.24) is 15.1 Å². The molecule has 170 valence electrons. The van der Waals surface area contributed by atoms with Crippen molar-refractivity contribution in [3.05, 3.63) is 113 Å². The Morgan fingerprint density at radius 2 is 1.74 bits per heavy atom. The standard InChI is InChI=1S/C27H23FN4O2/c1-16-7-6-8-19(15-16)26(33)29-24-23(18-11-13-20(28)14-12-18)22-17(2)31-32(25(22)30-27(24)34)21-9-4-3-5-10-21/h3-15,23-24H,1-2H3,(H,29,33)(H,30,34)/t23-,24-/m1/s1. The highest BCUT2D eigenvalue weighted by atomic mass is 19.1. The van der Waals surface area contributed by atoms with E-state index in [1.54, 1.807) is 35.0 Å². The summed E-state index contributed by atoms with van der Waals surface area (Å²) in [5, 5.41) is 10.5. The van der Waals surface area contributed by atoms with Crippen molar-refractivity contribution in [3.63, 3.8) is 0 Å². The van der Waals surface area contributed by atoms with Crippen molar-refractivity contribution in [2.24, 2.45) is 0 Å². The molecule has 0 fully saturated rings. The number of fused-ring (bicyclic) bond motifs is 1. The van der Waals surface area contributed by atoms with Gasteiger partial charge in [0, 0.05) is 17.0 Å². The zero-order valence-electron chi connectivity index (χ0n) is 18.7. The van der Waals surface area contributed by atoms with Gasteiger partial charge in [0.2, 0.25) is 5.91 Å². The number of para-hydroxylation sites is 1. The maximum absolute atomic E-state index is 13.7. The van der Waals surface area contributed by atoms with E-state index in [0.717, 1.165) is 16.8 Å². The number of halogens is 1. The van der Waals surface area contributed by atoms with Gasteiger partial charge in [0.25, 0.3) is 5.91 Å².